The van der Waals surface area contributed by atoms with E-state index in [2.05, 4.69) is 18.0 Å². The molecule has 0 saturated carbocycles. The van der Waals surface area contributed by atoms with Gasteiger partial charge in [0.2, 0.25) is 0 Å². The third kappa shape index (κ3) is 3.96. The van der Waals surface area contributed by atoms with Gasteiger partial charge in [0, 0.05) is 19.6 Å². The second-order valence-electron chi connectivity index (χ2n) is 5.35. The highest BCUT2D eigenvalue weighted by Gasteiger charge is 2.24. The van der Waals surface area contributed by atoms with E-state index in [0.717, 1.165) is 32.6 Å². The topological polar surface area (TPSA) is 56.6 Å². The first-order valence-corrected chi connectivity index (χ1v) is 7.25. The fourth-order valence-corrected chi connectivity index (χ4v) is 2.43. The van der Waals surface area contributed by atoms with Crippen LogP contribution in [0, 0.1) is 11.3 Å². The van der Waals surface area contributed by atoms with Gasteiger partial charge in [-0.25, -0.2) is 0 Å². The van der Waals surface area contributed by atoms with Gasteiger partial charge < -0.3 is 14.5 Å². The number of amides is 1. The van der Waals surface area contributed by atoms with Crippen LogP contribution in [0.4, 0.5) is 0 Å². The van der Waals surface area contributed by atoms with Gasteiger partial charge in [-0.05, 0) is 39.1 Å². The standard InChI is InChI=1S/C16H21N3O2/c1-13(21-15-7-4-3-6-14(15)12-17)16(20)19-9-5-8-18(2)10-11-19/h3-4,6-7,13H,5,8-11H2,1-2H3. The molecule has 1 fully saturated rings. The van der Waals surface area contributed by atoms with Gasteiger partial charge in [-0.15, -0.1) is 0 Å². The van der Waals surface area contributed by atoms with Crippen LogP contribution in [0.25, 0.3) is 0 Å². The van der Waals surface area contributed by atoms with E-state index in [0.29, 0.717) is 11.3 Å². The van der Waals surface area contributed by atoms with E-state index in [1.807, 2.05) is 4.90 Å². The van der Waals surface area contributed by atoms with E-state index in [1.54, 1.807) is 31.2 Å². The van der Waals surface area contributed by atoms with Crippen molar-refractivity contribution < 1.29 is 9.53 Å². The summed E-state index contributed by atoms with van der Waals surface area (Å²) in [5, 5.41) is 9.05. The molecule has 0 aliphatic carbocycles. The Morgan fingerprint density at radius 3 is 2.81 bits per heavy atom. The Morgan fingerprint density at radius 1 is 1.29 bits per heavy atom. The van der Waals surface area contributed by atoms with Crippen LogP contribution >= 0.6 is 0 Å². The molecule has 0 spiro atoms. The van der Waals surface area contributed by atoms with Crippen LogP contribution in [0.2, 0.25) is 0 Å². The first kappa shape index (κ1) is 15.3. The molecule has 1 aromatic rings. The van der Waals surface area contributed by atoms with E-state index in [9.17, 15) is 4.79 Å². The molecule has 1 amide bonds. The Kier molecular flexibility index (Phi) is 5.18. The van der Waals surface area contributed by atoms with E-state index < -0.39 is 6.10 Å². The SMILES string of the molecule is CC(Oc1ccccc1C#N)C(=O)N1CCCN(C)CC1. The molecule has 5 nitrogen and oxygen atoms in total. The Morgan fingerprint density at radius 2 is 2.05 bits per heavy atom. The molecule has 1 atom stereocenters. The van der Waals surface area contributed by atoms with Crippen LogP contribution in [0.15, 0.2) is 24.3 Å². The highest BCUT2D eigenvalue weighted by Crippen LogP contribution is 2.19. The van der Waals surface area contributed by atoms with Gasteiger partial charge in [-0.3, -0.25) is 4.79 Å². The number of carbonyl (C=O) groups is 1. The second-order valence-corrected chi connectivity index (χ2v) is 5.35. The maximum absolute atomic E-state index is 12.5. The molecule has 0 radical (unpaired) electrons. The van der Waals surface area contributed by atoms with Gasteiger partial charge >= 0.3 is 0 Å². The van der Waals surface area contributed by atoms with Crippen molar-refractivity contribution in [3.05, 3.63) is 29.8 Å². The summed E-state index contributed by atoms with van der Waals surface area (Å²) in [5.74, 6) is 0.450. The number of rotatable bonds is 3. The maximum atomic E-state index is 12.5. The average molecular weight is 287 g/mol. The van der Waals surface area contributed by atoms with Crippen molar-refractivity contribution in [2.75, 3.05) is 33.2 Å². The minimum absolute atomic E-state index is 0.0157. The van der Waals surface area contributed by atoms with Crippen LogP contribution < -0.4 is 4.74 Å². The molecule has 1 unspecified atom stereocenters. The van der Waals surface area contributed by atoms with Crippen molar-refractivity contribution in [1.82, 2.24) is 9.80 Å². The zero-order valence-electron chi connectivity index (χ0n) is 12.6. The number of hydrogen-bond acceptors (Lipinski definition) is 4. The van der Waals surface area contributed by atoms with Gasteiger partial charge in [0.25, 0.3) is 5.91 Å². The van der Waals surface area contributed by atoms with Gasteiger partial charge in [0.15, 0.2) is 6.10 Å². The van der Waals surface area contributed by atoms with Crippen molar-refractivity contribution in [2.45, 2.75) is 19.4 Å². The maximum Gasteiger partial charge on any atom is 0.263 e. The molecule has 2 rings (SSSR count). The van der Waals surface area contributed by atoms with Gasteiger partial charge in [-0.2, -0.15) is 5.26 Å². The third-order valence-corrected chi connectivity index (χ3v) is 3.69. The van der Waals surface area contributed by atoms with Gasteiger partial charge in [-0.1, -0.05) is 12.1 Å². The lowest BCUT2D eigenvalue weighted by Gasteiger charge is -2.24. The monoisotopic (exact) mass is 287 g/mol. The Balaban J connectivity index is 2.01. The van der Waals surface area contributed by atoms with Crippen molar-refractivity contribution in [3.63, 3.8) is 0 Å². The first-order chi connectivity index (χ1) is 10.1. The van der Waals surface area contributed by atoms with Crippen molar-refractivity contribution in [2.24, 2.45) is 0 Å². The van der Waals surface area contributed by atoms with Crippen LogP contribution in [0.3, 0.4) is 0 Å². The quantitative estimate of drug-likeness (QED) is 0.845. The number of nitrogens with zero attached hydrogens (tertiary/aromatic N) is 3. The summed E-state index contributed by atoms with van der Waals surface area (Å²) < 4.78 is 5.69. The minimum Gasteiger partial charge on any atom is -0.480 e. The van der Waals surface area contributed by atoms with Crippen molar-refractivity contribution in [3.8, 4) is 11.8 Å². The zero-order chi connectivity index (χ0) is 15.2. The summed E-state index contributed by atoms with van der Waals surface area (Å²) in [7, 11) is 2.07. The molecule has 1 aliphatic rings. The van der Waals surface area contributed by atoms with Crippen molar-refractivity contribution in [1.29, 1.82) is 5.26 Å². The summed E-state index contributed by atoms with van der Waals surface area (Å²) in [4.78, 5) is 16.5. The summed E-state index contributed by atoms with van der Waals surface area (Å²) in [6, 6.07) is 9.07. The molecule has 5 heteroatoms. The number of para-hydroxylation sites is 1. The van der Waals surface area contributed by atoms with E-state index in [1.165, 1.54) is 0 Å². The molecule has 21 heavy (non-hydrogen) atoms. The van der Waals surface area contributed by atoms with E-state index >= 15 is 0 Å². The summed E-state index contributed by atoms with van der Waals surface area (Å²) in [6.45, 7) is 5.12. The van der Waals surface area contributed by atoms with Crippen LogP contribution in [-0.2, 0) is 4.79 Å². The summed E-state index contributed by atoms with van der Waals surface area (Å²) in [6.07, 6.45) is 0.395. The van der Waals surface area contributed by atoms with E-state index in [4.69, 9.17) is 10.00 Å². The lowest BCUT2D eigenvalue weighted by atomic mass is 10.2. The predicted molar refractivity (Wildman–Crippen MR) is 79.9 cm³/mol. The Bertz CT molecular complexity index is 539. The molecule has 0 N–H and O–H groups in total. The number of benzene rings is 1. The molecular weight excluding hydrogens is 266 g/mol. The average Bonchev–Trinajstić information content (AvgIpc) is 2.71. The number of likely N-dealkylation sites (N-methyl/N-ethyl adjacent to an activating group) is 1. The molecule has 1 heterocycles. The molecule has 0 bridgehead atoms. The molecule has 1 aliphatic heterocycles. The lowest BCUT2D eigenvalue weighted by Crippen LogP contribution is -2.42. The molecule has 1 aromatic carbocycles. The number of ether oxygens (including phenoxy) is 1. The molecule has 1 saturated heterocycles. The Hall–Kier alpha value is -2.06. The minimum atomic E-state index is -0.581. The highest BCUT2D eigenvalue weighted by molar-refractivity contribution is 5.81. The first-order valence-electron chi connectivity index (χ1n) is 7.25. The summed E-state index contributed by atoms with van der Waals surface area (Å²) >= 11 is 0. The Labute approximate surface area is 125 Å². The summed E-state index contributed by atoms with van der Waals surface area (Å²) in [5.41, 5.74) is 0.452. The normalized spacial score (nSPS) is 17.7. The molecule has 112 valence electrons. The van der Waals surface area contributed by atoms with Gasteiger partial charge in [0.05, 0.1) is 5.56 Å². The van der Waals surface area contributed by atoms with Gasteiger partial charge in [0.1, 0.15) is 11.8 Å². The van der Waals surface area contributed by atoms with Crippen LogP contribution in [0.1, 0.15) is 18.9 Å². The molecule has 0 aromatic heterocycles. The molecular formula is C16H21N3O2. The second kappa shape index (κ2) is 7.09. The third-order valence-electron chi connectivity index (χ3n) is 3.69. The lowest BCUT2D eigenvalue weighted by molar-refractivity contribution is -0.137. The number of carbonyl (C=O) groups excluding carboxylic acids is 1. The fourth-order valence-electron chi connectivity index (χ4n) is 2.43. The number of nitriles is 1. The van der Waals surface area contributed by atoms with Crippen molar-refractivity contribution >= 4 is 5.91 Å². The largest absolute Gasteiger partial charge is 0.480 e. The smallest absolute Gasteiger partial charge is 0.263 e. The zero-order valence-corrected chi connectivity index (χ0v) is 12.6. The highest BCUT2D eigenvalue weighted by atomic mass is 16.5. The number of hydrogen-bond donors (Lipinski definition) is 0. The van der Waals surface area contributed by atoms with Crippen LogP contribution in [0.5, 0.6) is 5.75 Å². The van der Waals surface area contributed by atoms with E-state index in [-0.39, 0.29) is 5.91 Å². The fraction of sp³-hybridized carbons (Fsp3) is 0.500. The predicted octanol–water partition coefficient (Wildman–Crippen LogP) is 1.49. The van der Waals surface area contributed by atoms with Crippen LogP contribution in [-0.4, -0.2) is 55.0 Å².